The first kappa shape index (κ1) is 14.1. The minimum atomic E-state index is -0.314. The van der Waals surface area contributed by atoms with E-state index >= 15 is 0 Å². The van der Waals surface area contributed by atoms with E-state index in [1.165, 1.54) is 12.1 Å². The van der Waals surface area contributed by atoms with Gasteiger partial charge in [0.25, 0.3) is 0 Å². The van der Waals surface area contributed by atoms with Gasteiger partial charge in [0.15, 0.2) is 0 Å². The van der Waals surface area contributed by atoms with Crippen LogP contribution in [0.2, 0.25) is 0 Å². The van der Waals surface area contributed by atoms with Crippen molar-refractivity contribution < 1.29 is 9.18 Å². The standard InChI is InChI=1S/C16H17FN2O/c1-19-16(20)15(12-4-8-14(18)9-5-12)10-11-2-6-13(17)7-3-11/h2-9,15H,10,18H2,1H3,(H,19,20). The van der Waals surface area contributed by atoms with Crippen molar-refractivity contribution in [1.29, 1.82) is 0 Å². The van der Waals surface area contributed by atoms with E-state index in [1.807, 2.05) is 12.1 Å². The van der Waals surface area contributed by atoms with Crippen LogP contribution in [0.4, 0.5) is 10.1 Å². The van der Waals surface area contributed by atoms with Gasteiger partial charge in [-0.3, -0.25) is 4.79 Å². The highest BCUT2D eigenvalue weighted by Gasteiger charge is 2.19. The molecule has 3 N–H and O–H groups in total. The smallest absolute Gasteiger partial charge is 0.227 e. The molecule has 0 fully saturated rings. The van der Waals surface area contributed by atoms with E-state index < -0.39 is 0 Å². The van der Waals surface area contributed by atoms with Crippen molar-refractivity contribution in [2.75, 3.05) is 12.8 Å². The second-order valence-electron chi connectivity index (χ2n) is 4.66. The monoisotopic (exact) mass is 272 g/mol. The van der Waals surface area contributed by atoms with Crippen molar-refractivity contribution in [2.24, 2.45) is 0 Å². The Morgan fingerprint density at radius 2 is 1.75 bits per heavy atom. The normalized spacial score (nSPS) is 11.9. The summed E-state index contributed by atoms with van der Waals surface area (Å²) in [6.07, 6.45) is 0.518. The molecule has 4 heteroatoms. The highest BCUT2D eigenvalue weighted by atomic mass is 19.1. The number of anilines is 1. The molecular weight excluding hydrogens is 255 g/mol. The largest absolute Gasteiger partial charge is 0.399 e. The SMILES string of the molecule is CNC(=O)C(Cc1ccc(F)cc1)c1ccc(N)cc1. The average molecular weight is 272 g/mol. The Labute approximate surface area is 117 Å². The summed E-state index contributed by atoms with van der Waals surface area (Å²) >= 11 is 0. The lowest BCUT2D eigenvalue weighted by Crippen LogP contribution is -2.27. The minimum absolute atomic E-state index is 0.0703. The fourth-order valence-corrected chi connectivity index (χ4v) is 2.12. The fraction of sp³-hybridized carbons (Fsp3) is 0.188. The van der Waals surface area contributed by atoms with Crippen LogP contribution < -0.4 is 11.1 Å². The Kier molecular flexibility index (Phi) is 4.35. The third-order valence-corrected chi connectivity index (χ3v) is 3.25. The van der Waals surface area contributed by atoms with Crippen LogP contribution in [0.3, 0.4) is 0 Å². The van der Waals surface area contributed by atoms with Gasteiger partial charge < -0.3 is 11.1 Å². The number of rotatable bonds is 4. The molecule has 1 unspecified atom stereocenters. The topological polar surface area (TPSA) is 55.1 Å². The first-order valence-electron chi connectivity index (χ1n) is 6.41. The third-order valence-electron chi connectivity index (χ3n) is 3.25. The van der Waals surface area contributed by atoms with Gasteiger partial charge in [0, 0.05) is 12.7 Å². The van der Waals surface area contributed by atoms with Crippen LogP contribution in [0.5, 0.6) is 0 Å². The number of hydrogen-bond acceptors (Lipinski definition) is 2. The molecule has 0 aliphatic rings. The lowest BCUT2D eigenvalue weighted by Gasteiger charge is -2.16. The van der Waals surface area contributed by atoms with Crippen LogP contribution in [0.25, 0.3) is 0 Å². The van der Waals surface area contributed by atoms with Crippen molar-refractivity contribution in [3.8, 4) is 0 Å². The summed E-state index contributed by atoms with van der Waals surface area (Å²) in [6.45, 7) is 0. The molecule has 2 aromatic carbocycles. The molecule has 0 aliphatic carbocycles. The molecule has 0 bridgehead atoms. The molecule has 0 radical (unpaired) electrons. The number of carbonyl (C=O) groups is 1. The summed E-state index contributed by atoms with van der Waals surface area (Å²) in [4.78, 5) is 12.1. The van der Waals surface area contributed by atoms with Gasteiger partial charge in [0.05, 0.1) is 5.92 Å². The summed E-state index contributed by atoms with van der Waals surface area (Å²) in [5.74, 6) is -0.664. The Balaban J connectivity index is 2.26. The van der Waals surface area contributed by atoms with Crippen molar-refractivity contribution in [3.63, 3.8) is 0 Å². The van der Waals surface area contributed by atoms with E-state index in [4.69, 9.17) is 5.73 Å². The summed E-state index contributed by atoms with van der Waals surface area (Å²) in [6, 6.07) is 13.4. The first-order valence-corrected chi connectivity index (χ1v) is 6.41. The number of amides is 1. The number of nitrogens with two attached hydrogens (primary N) is 1. The molecule has 2 rings (SSSR count). The quantitative estimate of drug-likeness (QED) is 0.840. The Hall–Kier alpha value is -2.36. The third kappa shape index (κ3) is 3.35. The van der Waals surface area contributed by atoms with Gasteiger partial charge in [-0.05, 0) is 41.8 Å². The Morgan fingerprint density at radius 1 is 1.15 bits per heavy atom. The molecule has 20 heavy (non-hydrogen) atoms. The van der Waals surface area contributed by atoms with E-state index in [1.54, 1.807) is 31.3 Å². The number of hydrogen-bond donors (Lipinski definition) is 2. The molecule has 0 heterocycles. The minimum Gasteiger partial charge on any atom is -0.399 e. The van der Waals surface area contributed by atoms with Crippen LogP contribution >= 0.6 is 0 Å². The molecule has 0 aromatic heterocycles. The number of nitrogens with one attached hydrogen (secondary N) is 1. The Bertz CT molecular complexity index is 578. The second-order valence-corrected chi connectivity index (χ2v) is 4.66. The van der Waals surface area contributed by atoms with Crippen molar-refractivity contribution in [3.05, 3.63) is 65.5 Å². The summed E-state index contributed by atoms with van der Waals surface area (Å²) in [5, 5.41) is 2.67. The number of halogens is 1. The fourth-order valence-electron chi connectivity index (χ4n) is 2.12. The van der Waals surface area contributed by atoms with Gasteiger partial charge >= 0.3 is 0 Å². The average Bonchev–Trinajstić information content (AvgIpc) is 2.47. The van der Waals surface area contributed by atoms with Crippen LogP contribution in [-0.2, 0) is 11.2 Å². The molecular formula is C16H17FN2O. The zero-order valence-electron chi connectivity index (χ0n) is 11.3. The van der Waals surface area contributed by atoms with Gasteiger partial charge in [0.1, 0.15) is 5.82 Å². The molecule has 0 spiro atoms. The van der Waals surface area contributed by atoms with E-state index in [2.05, 4.69) is 5.32 Å². The summed E-state index contributed by atoms with van der Waals surface area (Å²) < 4.78 is 12.9. The first-order chi connectivity index (χ1) is 9.60. The zero-order valence-corrected chi connectivity index (χ0v) is 11.3. The highest BCUT2D eigenvalue weighted by molar-refractivity contribution is 5.83. The molecule has 2 aromatic rings. The van der Waals surface area contributed by atoms with Gasteiger partial charge in [-0.15, -0.1) is 0 Å². The van der Waals surface area contributed by atoms with E-state index in [0.29, 0.717) is 12.1 Å². The van der Waals surface area contributed by atoms with Crippen LogP contribution in [-0.4, -0.2) is 13.0 Å². The molecule has 0 aliphatic heterocycles. The summed E-state index contributed by atoms with van der Waals surface area (Å²) in [5.41, 5.74) is 8.13. The van der Waals surface area contributed by atoms with Crippen molar-refractivity contribution in [1.82, 2.24) is 5.32 Å². The molecule has 0 saturated carbocycles. The van der Waals surface area contributed by atoms with Gasteiger partial charge in [-0.25, -0.2) is 4.39 Å². The van der Waals surface area contributed by atoms with Crippen LogP contribution in [0.1, 0.15) is 17.0 Å². The van der Waals surface area contributed by atoms with E-state index in [0.717, 1.165) is 11.1 Å². The maximum Gasteiger partial charge on any atom is 0.227 e. The number of benzene rings is 2. The molecule has 1 amide bonds. The molecule has 104 valence electrons. The summed E-state index contributed by atoms with van der Waals surface area (Å²) in [7, 11) is 1.61. The number of likely N-dealkylation sites (N-methyl/N-ethyl adjacent to an activating group) is 1. The highest BCUT2D eigenvalue weighted by Crippen LogP contribution is 2.22. The van der Waals surface area contributed by atoms with Gasteiger partial charge in [-0.2, -0.15) is 0 Å². The molecule has 3 nitrogen and oxygen atoms in total. The second kappa shape index (κ2) is 6.19. The number of carbonyl (C=O) groups excluding carboxylic acids is 1. The van der Waals surface area contributed by atoms with E-state index in [-0.39, 0.29) is 17.6 Å². The van der Waals surface area contributed by atoms with E-state index in [9.17, 15) is 9.18 Å². The lowest BCUT2D eigenvalue weighted by molar-refractivity contribution is -0.122. The van der Waals surface area contributed by atoms with Gasteiger partial charge in [0.2, 0.25) is 5.91 Å². The maximum absolute atomic E-state index is 12.9. The van der Waals surface area contributed by atoms with Crippen molar-refractivity contribution in [2.45, 2.75) is 12.3 Å². The van der Waals surface area contributed by atoms with Crippen LogP contribution in [0, 0.1) is 5.82 Å². The zero-order chi connectivity index (χ0) is 14.5. The Morgan fingerprint density at radius 3 is 2.30 bits per heavy atom. The maximum atomic E-state index is 12.9. The lowest BCUT2D eigenvalue weighted by atomic mass is 9.91. The van der Waals surface area contributed by atoms with Crippen LogP contribution in [0.15, 0.2) is 48.5 Å². The van der Waals surface area contributed by atoms with Crippen molar-refractivity contribution >= 4 is 11.6 Å². The number of nitrogen functional groups attached to an aromatic ring is 1. The van der Waals surface area contributed by atoms with Gasteiger partial charge in [-0.1, -0.05) is 24.3 Å². The predicted molar refractivity (Wildman–Crippen MR) is 77.8 cm³/mol. The molecule has 0 saturated heterocycles. The predicted octanol–water partition coefficient (Wildman–Crippen LogP) is 2.48. The molecule has 1 atom stereocenters.